The first-order valence-electron chi connectivity index (χ1n) is 6.05. The van der Waals surface area contributed by atoms with Crippen LogP contribution < -0.4 is 5.32 Å². The van der Waals surface area contributed by atoms with E-state index >= 15 is 0 Å². The average molecular weight is 212 g/mol. The highest BCUT2D eigenvalue weighted by Crippen LogP contribution is 2.16. The Balaban J connectivity index is 2.52. The molecule has 0 bridgehead atoms. The summed E-state index contributed by atoms with van der Waals surface area (Å²) in [5, 5.41) is 3.12. The summed E-state index contributed by atoms with van der Waals surface area (Å²) in [4.78, 5) is 14.1. The number of nitrogens with zero attached hydrogens (tertiary/aromatic N) is 1. The van der Waals surface area contributed by atoms with Gasteiger partial charge in [0, 0.05) is 12.6 Å². The maximum absolute atomic E-state index is 11.9. The Morgan fingerprint density at radius 1 is 1.53 bits per heavy atom. The van der Waals surface area contributed by atoms with Crippen molar-refractivity contribution in [3.63, 3.8) is 0 Å². The van der Waals surface area contributed by atoms with Crippen LogP contribution in [0.1, 0.15) is 40.0 Å². The molecule has 88 valence electrons. The molecule has 15 heavy (non-hydrogen) atoms. The van der Waals surface area contributed by atoms with Crippen LogP contribution in [-0.2, 0) is 4.79 Å². The minimum atomic E-state index is 0.0816. The zero-order valence-corrected chi connectivity index (χ0v) is 10.4. The molecule has 0 aromatic rings. The van der Waals surface area contributed by atoms with Gasteiger partial charge >= 0.3 is 0 Å². The highest BCUT2D eigenvalue weighted by molar-refractivity contribution is 5.82. The van der Waals surface area contributed by atoms with Crippen molar-refractivity contribution in [2.24, 2.45) is 5.92 Å². The Kier molecular flexibility index (Phi) is 4.58. The van der Waals surface area contributed by atoms with E-state index in [1.807, 2.05) is 0 Å². The van der Waals surface area contributed by atoms with Gasteiger partial charge in [0.25, 0.3) is 0 Å². The molecule has 0 radical (unpaired) electrons. The van der Waals surface area contributed by atoms with Gasteiger partial charge in [-0.05, 0) is 25.8 Å². The number of likely N-dealkylation sites (N-methyl/N-ethyl adjacent to an activating group) is 1. The number of rotatable bonds is 4. The van der Waals surface area contributed by atoms with Crippen molar-refractivity contribution in [3.8, 4) is 0 Å². The minimum Gasteiger partial charge on any atom is -0.351 e. The van der Waals surface area contributed by atoms with E-state index in [1.165, 1.54) is 0 Å². The lowest BCUT2D eigenvalue weighted by Gasteiger charge is -2.37. The van der Waals surface area contributed by atoms with Crippen LogP contribution in [-0.4, -0.2) is 36.5 Å². The predicted octanol–water partition coefficient (Wildman–Crippen LogP) is 1.63. The number of hydrogen-bond acceptors (Lipinski definition) is 2. The number of nitrogens with one attached hydrogen (secondary N) is 1. The van der Waals surface area contributed by atoms with Crippen molar-refractivity contribution in [1.82, 2.24) is 10.2 Å². The van der Waals surface area contributed by atoms with Gasteiger partial charge in [0.2, 0.25) is 5.91 Å². The Labute approximate surface area is 93.2 Å². The third-order valence-corrected chi connectivity index (χ3v) is 3.02. The molecule has 1 rings (SSSR count). The van der Waals surface area contributed by atoms with Gasteiger partial charge < -0.3 is 5.32 Å². The molecule has 1 N–H and O–H groups in total. The second kappa shape index (κ2) is 5.50. The molecule has 1 aliphatic rings. The van der Waals surface area contributed by atoms with E-state index < -0.39 is 0 Å². The van der Waals surface area contributed by atoms with Crippen LogP contribution in [0.2, 0.25) is 0 Å². The maximum atomic E-state index is 11.9. The molecule has 3 heteroatoms. The Bertz CT molecular complexity index is 216. The Morgan fingerprint density at radius 3 is 2.67 bits per heavy atom. The summed E-state index contributed by atoms with van der Waals surface area (Å²) in [5.41, 5.74) is 0. The van der Waals surface area contributed by atoms with Crippen molar-refractivity contribution in [2.75, 3.05) is 13.6 Å². The zero-order valence-electron chi connectivity index (χ0n) is 10.4. The molecule has 2 atom stereocenters. The molecule has 1 amide bonds. The van der Waals surface area contributed by atoms with E-state index in [0.29, 0.717) is 12.0 Å². The third-order valence-electron chi connectivity index (χ3n) is 3.02. The highest BCUT2D eigenvalue weighted by atomic mass is 16.2. The van der Waals surface area contributed by atoms with Crippen molar-refractivity contribution in [3.05, 3.63) is 0 Å². The van der Waals surface area contributed by atoms with Crippen molar-refractivity contribution < 1.29 is 4.79 Å². The van der Waals surface area contributed by atoms with Gasteiger partial charge in [0.1, 0.15) is 0 Å². The van der Waals surface area contributed by atoms with Gasteiger partial charge in [0.05, 0.1) is 6.04 Å². The molecule has 0 aromatic carbocycles. The first-order valence-corrected chi connectivity index (χ1v) is 6.05. The van der Waals surface area contributed by atoms with Crippen LogP contribution in [0, 0.1) is 5.92 Å². The molecule has 0 aromatic heterocycles. The van der Waals surface area contributed by atoms with Gasteiger partial charge in [-0.15, -0.1) is 0 Å². The molecule has 3 nitrogen and oxygen atoms in total. The molecule has 1 aliphatic heterocycles. The van der Waals surface area contributed by atoms with Gasteiger partial charge in [-0.25, -0.2) is 0 Å². The molecular formula is C12H24N2O. The van der Waals surface area contributed by atoms with Crippen LogP contribution in [0.4, 0.5) is 0 Å². The lowest BCUT2D eigenvalue weighted by Crippen LogP contribution is -2.58. The Hall–Kier alpha value is -0.570. The van der Waals surface area contributed by atoms with E-state index in [1.54, 1.807) is 0 Å². The van der Waals surface area contributed by atoms with Crippen LogP contribution >= 0.6 is 0 Å². The standard InChI is InChI=1S/C12H24N2O/c1-5-6-10-8-14(4)11(7-9(2)3)12(15)13-10/h9-11H,5-8H2,1-4H3,(H,13,15). The highest BCUT2D eigenvalue weighted by Gasteiger charge is 2.31. The van der Waals surface area contributed by atoms with Gasteiger partial charge in [-0.1, -0.05) is 27.2 Å². The van der Waals surface area contributed by atoms with E-state index in [9.17, 15) is 4.79 Å². The molecule has 2 unspecified atom stereocenters. The molecule has 1 saturated heterocycles. The lowest BCUT2D eigenvalue weighted by atomic mass is 9.98. The maximum Gasteiger partial charge on any atom is 0.237 e. The fraction of sp³-hybridized carbons (Fsp3) is 0.917. The summed E-state index contributed by atoms with van der Waals surface area (Å²) in [6, 6.07) is 0.439. The van der Waals surface area contributed by atoms with E-state index in [4.69, 9.17) is 0 Å². The van der Waals surface area contributed by atoms with Crippen LogP contribution in [0.25, 0.3) is 0 Å². The molecule has 0 spiro atoms. The average Bonchev–Trinajstić information content (AvgIpc) is 2.11. The van der Waals surface area contributed by atoms with Crippen LogP contribution in [0.5, 0.6) is 0 Å². The van der Waals surface area contributed by atoms with E-state index in [-0.39, 0.29) is 11.9 Å². The number of carbonyl (C=O) groups excluding carboxylic acids is 1. The summed E-state index contributed by atoms with van der Waals surface area (Å²) >= 11 is 0. The molecule has 0 saturated carbocycles. The monoisotopic (exact) mass is 212 g/mol. The minimum absolute atomic E-state index is 0.0816. The fourth-order valence-corrected chi connectivity index (χ4v) is 2.26. The quantitative estimate of drug-likeness (QED) is 0.768. The molecule has 1 fully saturated rings. The van der Waals surface area contributed by atoms with Gasteiger partial charge in [-0.3, -0.25) is 9.69 Å². The normalized spacial score (nSPS) is 28.2. The van der Waals surface area contributed by atoms with Crippen molar-refractivity contribution in [2.45, 2.75) is 52.1 Å². The summed E-state index contributed by atoms with van der Waals surface area (Å²) < 4.78 is 0. The second-order valence-electron chi connectivity index (χ2n) is 5.08. The van der Waals surface area contributed by atoms with Crippen molar-refractivity contribution >= 4 is 5.91 Å². The zero-order chi connectivity index (χ0) is 11.4. The first-order chi connectivity index (χ1) is 7.04. The Morgan fingerprint density at radius 2 is 2.20 bits per heavy atom. The van der Waals surface area contributed by atoms with Gasteiger partial charge in [-0.2, -0.15) is 0 Å². The summed E-state index contributed by atoms with van der Waals surface area (Å²) in [5.74, 6) is 0.793. The molecule has 0 aliphatic carbocycles. The largest absolute Gasteiger partial charge is 0.351 e. The number of carbonyl (C=O) groups is 1. The second-order valence-corrected chi connectivity index (χ2v) is 5.08. The smallest absolute Gasteiger partial charge is 0.237 e. The number of hydrogen-bond donors (Lipinski definition) is 1. The number of amides is 1. The van der Waals surface area contributed by atoms with Crippen LogP contribution in [0.3, 0.4) is 0 Å². The molecular weight excluding hydrogens is 188 g/mol. The third kappa shape index (κ3) is 3.49. The predicted molar refractivity (Wildman–Crippen MR) is 62.7 cm³/mol. The SMILES string of the molecule is CCCC1CN(C)C(CC(C)C)C(=O)N1. The van der Waals surface area contributed by atoms with Crippen molar-refractivity contribution in [1.29, 1.82) is 0 Å². The topological polar surface area (TPSA) is 32.3 Å². The lowest BCUT2D eigenvalue weighted by molar-refractivity contribution is -0.130. The fourth-order valence-electron chi connectivity index (χ4n) is 2.26. The van der Waals surface area contributed by atoms with Crippen LogP contribution in [0.15, 0.2) is 0 Å². The number of piperazine rings is 1. The summed E-state index contributed by atoms with van der Waals surface area (Å²) in [6.07, 6.45) is 3.18. The molecule has 1 heterocycles. The summed E-state index contributed by atoms with van der Waals surface area (Å²) in [6.45, 7) is 7.49. The van der Waals surface area contributed by atoms with E-state index in [0.717, 1.165) is 25.8 Å². The summed E-state index contributed by atoms with van der Waals surface area (Å²) in [7, 11) is 2.06. The first kappa shape index (κ1) is 12.5. The van der Waals surface area contributed by atoms with E-state index in [2.05, 4.69) is 38.0 Å². The van der Waals surface area contributed by atoms with Gasteiger partial charge in [0.15, 0.2) is 0 Å².